The fraction of sp³-hybridized carbons (Fsp3) is 0.231. The van der Waals surface area contributed by atoms with Crippen molar-refractivity contribution in [1.82, 2.24) is 19.4 Å². The first-order valence-corrected chi connectivity index (χ1v) is 12.0. The Labute approximate surface area is 217 Å². The molecule has 4 aromatic rings. The van der Waals surface area contributed by atoms with Gasteiger partial charge in [0.25, 0.3) is 0 Å². The third-order valence-corrected chi connectivity index (χ3v) is 6.07. The van der Waals surface area contributed by atoms with Gasteiger partial charge in [0.05, 0.1) is 18.9 Å². The number of hydrogen-bond donors (Lipinski definition) is 3. The van der Waals surface area contributed by atoms with Gasteiger partial charge in [-0.15, -0.1) is 0 Å². The number of benzene rings is 2. The Kier molecular flexibility index (Phi) is 7.43. The third-order valence-electron chi connectivity index (χ3n) is 6.07. The van der Waals surface area contributed by atoms with Crippen molar-refractivity contribution in [3.63, 3.8) is 0 Å². The number of fused-ring (bicyclic) bond motifs is 1. The Morgan fingerprint density at radius 1 is 1.08 bits per heavy atom. The molecule has 1 aliphatic rings. The molecular weight excluding hydrogens is 493 g/mol. The van der Waals surface area contributed by atoms with E-state index in [1.54, 1.807) is 35.0 Å². The zero-order valence-corrected chi connectivity index (χ0v) is 20.4. The van der Waals surface area contributed by atoms with Crippen LogP contribution < -0.4 is 26.5 Å². The van der Waals surface area contributed by atoms with Gasteiger partial charge in [0.1, 0.15) is 35.7 Å². The van der Waals surface area contributed by atoms with Gasteiger partial charge in [0.2, 0.25) is 0 Å². The van der Waals surface area contributed by atoms with E-state index in [9.17, 15) is 14.0 Å². The van der Waals surface area contributed by atoms with Crippen LogP contribution >= 0.6 is 0 Å². The molecule has 5 rings (SSSR count). The highest BCUT2D eigenvalue weighted by Gasteiger charge is 2.14. The van der Waals surface area contributed by atoms with E-state index < -0.39 is 11.8 Å². The fourth-order valence-electron chi connectivity index (χ4n) is 4.13. The van der Waals surface area contributed by atoms with Crippen LogP contribution in [0.3, 0.4) is 0 Å². The summed E-state index contributed by atoms with van der Waals surface area (Å²) in [5, 5.41) is 5.69. The number of anilines is 3. The van der Waals surface area contributed by atoms with Gasteiger partial charge in [0, 0.05) is 49.3 Å². The molecule has 0 unspecified atom stereocenters. The number of nitrogen functional groups attached to an aromatic ring is 1. The number of carbonyl (C=O) groups excluding carboxylic acids is 1. The highest BCUT2D eigenvalue weighted by atomic mass is 19.1. The molecule has 4 N–H and O–H groups in total. The highest BCUT2D eigenvalue weighted by molar-refractivity contribution is 6.00. The average molecular weight is 520 g/mol. The summed E-state index contributed by atoms with van der Waals surface area (Å²) in [5.41, 5.74) is 7.54. The number of carbonyl (C=O) groups is 1. The molecule has 196 valence electrons. The normalized spacial score (nSPS) is 13.8. The molecule has 0 bridgehead atoms. The molecule has 2 aromatic heterocycles. The van der Waals surface area contributed by atoms with E-state index in [1.807, 2.05) is 0 Å². The van der Waals surface area contributed by atoms with Crippen LogP contribution in [0, 0.1) is 5.82 Å². The maximum absolute atomic E-state index is 13.9. The third kappa shape index (κ3) is 5.71. The minimum atomic E-state index is -0.517. The molecule has 1 aliphatic heterocycles. The lowest BCUT2D eigenvalue weighted by molar-refractivity contribution is 0.0323. The van der Waals surface area contributed by atoms with Crippen molar-refractivity contribution in [3.8, 4) is 11.4 Å². The molecule has 0 atom stereocenters. The van der Waals surface area contributed by atoms with E-state index in [4.69, 9.17) is 15.2 Å². The lowest BCUT2D eigenvalue weighted by Crippen LogP contribution is -2.38. The summed E-state index contributed by atoms with van der Waals surface area (Å²) >= 11 is 0. The number of halogens is 1. The van der Waals surface area contributed by atoms with Crippen molar-refractivity contribution in [3.05, 3.63) is 77.1 Å². The van der Waals surface area contributed by atoms with Crippen LogP contribution in [0.15, 0.2) is 65.8 Å². The second-order valence-corrected chi connectivity index (χ2v) is 8.58. The van der Waals surface area contributed by atoms with E-state index in [1.165, 1.54) is 30.6 Å². The Balaban J connectivity index is 1.24. The summed E-state index contributed by atoms with van der Waals surface area (Å²) in [6.45, 7) is 4.01. The number of nitrogens with two attached hydrogens (primary N) is 1. The zero-order valence-electron chi connectivity index (χ0n) is 20.4. The number of amides is 2. The predicted octanol–water partition coefficient (Wildman–Crippen LogP) is 2.86. The standard InChI is InChI=1S/C26H26FN7O4/c27-17-1-6-20(22(15-17)38-14-11-33-9-12-37-13-10-33)32-26(36)31-18-2-4-19(5-3-18)34-8-7-21(35)23-24(28)29-16-30-25(23)34/h1-8,15-16H,9-14H2,(H2,28,29,30)(H2,31,32,36). The van der Waals surface area contributed by atoms with E-state index >= 15 is 0 Å². The molecule has 3 heterocycles. The SMILES string of the molecule is Nc1ncnc2c1c(=O)ccn2-c1ccc(NC(=O)Nc2ccc(F)cc2OCCN2CCOCC2)cc1. The van der Waals surface area contributed by atoms with E-state index in [2.05, 4.69) is 25.5 Å². The maximum Gasteiger partial charge on any atom is 0.323 e. The Bertz CT molecular complexity index is 1500. The van der Waals surface area contributed by atoms with E-state index in [0.29, 0.717) is 49.1 Å². The molecule has 0 spiro atoms. The highest BCUT2D eigenvalue weighted by Crippen LogP contribution is 2.26. The second-order valence-electron chi connectivity index (χ2n) is 8.58. The lowest BCUT2D eigenvalue weighted by atomic mass is 10.2. The molecule has 12 heteroatoms. The number of rotatable bonds is 7. The average Bonchev–Trinajstić information content (AvgIpc) is 2.92. The van der Waals surface area contributed by atoms with Crippen molar-refractivity contribution in [1.29, 1.82) is 0 Å². The van der Waals surface area contributed by atoms with Crippen molar-refractivity contribution < 1.29 is 18.7 Å². The van der Waals surface area contributed by atoms with Crippen molar-refractivity contribution in [2.24, 2.45) is 0 Å². The number of ether oxygens (including phenoxy) is 2. The topological polar surface area (TPSA) is 137 Å². The lowest BCUT2D eigenvalue weighted by Gasteiger charge is -2.26. The van der Waals surface area contributed by atoms with E-state index in [0.717, 1.165) is 13.1 Å². The number of morpholine rings is 1. The van der Waals surface area contributed by atoms with Crippen LogP contribution in [0.4, 0.5) is 26.4 Å². The molecule has 0 saturated carbocycles. The number of nitrogens with one attached hydrogen (secondary N) is 2. The molecule has 0 aliphatic carbocycles. The summed E-state index contributed by atoms with van der Waals surface area (Å²) in [5.74, 6) is -0.111. The molecule has 1 saturated heterocycles. The van der Waals surface area contributed by atoms with Gasteiger partial charge in [0.15, 0.2) is 11.1 Å². The van der Waals surface area contributed by atoms with E-state index in [-0.39, 0.29) is 22.4 Å². The molecule has 2 aromatic carbocycles. The Hall–Kier alpha value is -4.55. The second kappa shape index (κ2) is 11.2. The van der Waals surface area contributed by atoms with Gasteiger partial charge in [-0.05, 0) is 36.4 Å². The summed E-state index contributed by atoms with van der Waals surface area (Å²) in [6, 6.07) is 11.8. The van der Waals surface area contributed by atoms with Gasteiger partial charge >= 0.3 is 6.03 Å². The quantitative estimate of drug-likeness (QED) is 0.339. The summed E-state index contributed by atoms with van der Waals surface area (Å²) in [7, 11) is 0. The van der Waals surface area contributed by atoms with Gasteiger partial charge in [-0.25, -0.2) is 19.2 Å². The first-order valence-electron chi connectivity index (χ1n) is 12.0. The first kappa shape index (κ1) is 25.1. The van der Waals surface area contributed by atoms with Crippen molar-refractivity contribution in [2.45, 2.75) is 0 Å². The number of nitrogens with zero attached hydrogens (tertiary/aromatic N) is 4. The minimum Gasteiger partial charge on any atom is -0.490 e. The van der Waals surface area contributed by atoms with Crippen LogP contribution in [0.1, 0.15) is 0 Å². The van der Waals surface area contributed by atoms with Gasteiger partial charge < -0.3 is 30.4 Å². The molecular formula is C26H26FN7O4. The van der Waals surface area contributed by atoms with Crippen molar-refractivity contribution >= 4 is 34.3 Å². The van der Waals surface area contributed by atoms with Crippen LogP contribution in [-0.4, -0.2) is 64.9 Å². The molecule has 2 amide bonds. The number of urea groups is 1. The monoisotopic (exact) mass is 519 g/mol. The number of aromatic nitrogens is 3. The van der Waals surface area contributed by atoms with Crippen LogP contribution in [0.5, 0.6) is 5.75 Å². The number of hydrogen-bond acceptors (Lipinski definition) is 8. The largest absolute Gasteiger partial charge is 0.490 e. The van der Waals surface area contributed by atoms with Crippen LogP contribution in [0.2, 0.25) is 0 Å². The Morgan fingerprint density at radius 2 is 1.87 bits per heavy atom. The minimum absolute atomic E-state index is 0.106. The van der Waals surface area contributed by atoms with Gasteiger partial charge in [-0.1, -0.05) is 0 Å². The maximum atomic E-state index is 13.9. The van der Waals surface area contributed by atoms with Crippen molar-refractivity contribution in [2.75, 3.05) is 55.8 Å². The summed E-state index contributed by atoms with van der Waals surface area (Å²) in [6.07, 6.45) is 2.89. The zero-order chi connectivity index (χ0) is 26.5. The summed E-state index contributed by atoms with van der Waals surface area (Å²) < 4.78 is 26.7. The first-order chi connectivity index (χ1) is 18.5. The molecule has 0 radical (unpaired) electrons. The fourth-order valence-corrected chi connectivity index (χ4v) is 4.13. The van der Waals surface area contributed by atoms with Gasteiger partial charge in [-0.3, -0.25) is 9.69 Å². The Morgan fingerprint density at radius 3 is 2.66 bits per heavy atom. The smallest absolute Gasteiger partial charge is 0.323 e. The van der Waals surface area contributed by atoms with Crippen LogP contribution in [-0.2, 0) is 4.74 Å². The van der Waals surface area contributed by atoms with Gasteiger partial charge in [-0.2, -0.15) is 0 Å². The molecule has 38 heavy (non-hydrogen) atoms. The number of pyridine rings is 1. The molecule has 11 nitrogen and oxygen atoms in total. The van der Waals surface area contributed by atoms with Crippen LogP contribution in [0.25, 0.3) is 16.7 Å². The molecule has 1 fully saturated rings. The predicted molar refractivity (Wildman–Crippen MR) is 141 cm³/mol. The summed E-state index contributed by atoms with van der Waals surface area (Å²) in [4.78, 5) is 35.2.